The zero-order valence-corrected chi connectivity index (χ0v) is 19.8. The van der Waals surface area contributed by atoms with Gasteiger partial charge >= 0.3 is 5.92 Å². The van der Waals surface area contributed by atoms with Crippen LogP contribution in [0.15, 0.2) is 35.1 Å². The number of carbonyl (C=O) groups excluding carboxylic acids is 1. The van der Waals surface area contributed by atoms with Crippen molar-refractivity contribution >= 4 is 46.2 Å². The number of ketones is 1. The number of benzene rings is 1. The first kappa shape index (κ1) is 23.0. The van der Waals surface area contributed by atoms with E-state index in [-0.39, 0.29) is 40.4 Å². The lowest BCUT2D eigenvalue weighted by molar-refractivity contribution is -0.152. The molecule has 0 saturated heterocycles. The number of aromatic nitrogens is 4. The van der Waals surface area contributed by atoms with Crippen molar-refractivity contribution in [3.8, 4) is 28.7 Å². The first-order valence-corrected chi connectivity index (χ1v) is 11.3. The second kappa shape index (κ2) is 8.48. The first-order chi connectivity index (χ1) is 16.1. The minimum Gasteiger partial charge on any atom is -0.489 e. The number of imidazole rings is 1. The van der Waals surface area contributed by atoms with Crippen LogP contribution >= 0.6 is 34.8 Å². The molecule has 1 aliphatic carbocycles. The van der Waals surface area contributed by atoms with Gasteiger partial charge in [0.1, 0.15) is 17.5 Å². The van der Waals surface area contributed by atoms with E-state index in [1.165, 1.54) is 12.1 Å². The van der Waals surface area contributed by atoms with Crippen LogP contribution in [0.25, 0.3) is 28.6 Å². The maximum absolute atomic E-state index is 13.7. The van der Waals surface area contributed by atoms with Gasteiger partial charge < -0.3 is 13.7 Å². The molecule has 7 nitrogen and oxygen atoms in total. The minimum atomic E-state index is -3.42. The van der Waals surface area contributed by atoms with E-state index in [1.54, 1.807) is 16.7 Å². The van der Waals surface area contributed by atoms with Crippen molar-refractivity contribution < 1.29 is 22.8 Å². The minimum absolute atomic E-state index is 0.125. The molecule has 3 heterocycles. The average Bonchev–Trinajstić information content (AvgIpc) is 3.40. The van der Waals surface area contributed by atoms with E-state index in [0.717, 1.165) is 5.56 Å². The van der Waals surface area contributed by atoms with Gasteiger partial charge in [0.25, 0.3) is 5.89 Å². The fourth-order valence-corrected chi connectivity index (χ4v) is 4.54. The zero-order chi connectivity index (χ0) is 24.2. The Morgan fingerprint density at radius 1 is 1.12 bits per heavy atom. The van der Waals surface area contributed by atoms with Crippen LogP contribution in [-0.4, -0.2) is 37.3 Å². The molecule has 1 saturated carbocycles. The van der Waals surface area contributed by atoms with Crippen molar-refractivity contribution in [1.82, 2.24) is 19.5 Å². The Kier molecular flexibility index (Phi) is 5.74. The van der Waals surface area contributed by atoms with Crippen LogP contribution in [0.2, 0.25) is 15.1 Å². The fraction of sp³-hybridized carbons (Fsp3) is 0.273. The van der Waals surface area contributed by atoms with E-state index in [2.05, 4.69) is 15.1 Å². The Balaban J connectivity index is 1.41. The number of Topliss-reactive ketones (excluding diaryl/α,β-unsaturated/α-hetero) is 1. The van der Waals surface area contributed by atoms with Crippen LogP contribution in [0, 0.1) is 6.92 Å². The summed E-state index contributed by atoms with van der Waals surface area (Å²) in [6.45, 7) is 1.91. The van der Waals surface area contributed by atoms with Crippen molar-refractivity contribution in [2.75, 3.05) is 0 Å². The summed E-state index contributed by atoms with van der Waals surface area (Å²) in [5, 5.41) is 4.75. The molecule has 0 N–H and O–H groups in total. The topological polar surface area (TPSA) is 82.5 Å². The SMILES string of the molecule is Cc1cc(Cl)c2nc(-c3nc(-c4cc(Cl)c(O[C@H]5CCC(=O)C(F)(F)C5)cc4Cl)no3)cn2c1. The Morgan fingerprint density at radius 3 is 2.68 bits per heavy atom. The number of hydrogen-bond acceptors (Lipinski definition) is 6. The Labute approximate surface area is 206 Å². The molecule has 0 aliphatic heterocycles. The average molecular weight is 528 g/mol. The molecular weight excluding hydrogens is 513 g/mol. The zero-order valence-electron chi connectivity index (χ0n) is 17.5. The lowest BCUT2D eigenvalue weighted by Crippen LogP contribution is -2.40. The summed E-state index contributed by atoms with van der Waals surface area (Å²) in [7, 11) is 0. The van der Waals surface area contributed by atoms with Crippen molar-refractivity contribution in [1.29, 1.82) is 0 Å². The third kappa shape index (κ3) is 4.23. The van der Waals surface area contributed by atoms with Gasteiger partial charge in [-0.2, -0.15) is 13.8 Å². The smallest absolute Gasteiger partial charge is 0.308 e. The number of aryl methyl sites for hydroxylation is 1. The van der Waals surface area contributed by atoms with Gasteiger partial charge in [0, 0.05) is 30.4 Å². The highest BCUT2D eigenvalue weighted by atomic mass is 35.5. The van der Waals surface area contributed by atoms with E-state index in [9.17, 15) is 13.6 Å². The van der Waals surface area contributed by atoms with Gasteiger partial charge in [0.15, 0.2) is 5.65 Å². The quantitative estimate of drug-likeness (QED) is 0.303. The number of ether oxygens (including phenoxy) is 1. The summed E-state index contributed by atoms with van der Waals surface area (Å²) in [5.41, 5.74) is 2.27. The molecule has 0 radical (unpaired) electrons. The van der Waals surface area contributed by atoms with Crippen LogP contribution < -0.4 is 4.74 Å². The molecule has 1 atom stereocenters. The second-order valence-electron chi connectivity index (χ2n) is 8.02. The lowest BCUT2D eigenvalue weighted by atomic mass is 9.93. The molecule has 0 unspecified atom stereocenters. The number of carbonyl (C=O) groups is 1. The summed E-state index contributed by atoms with van der Waals surface area (Å²) < 4.78 is 40.2. The molecule has 4 aromatic rings. The monoisotopic (exact) mass is 526 g/mol. The van der Waals surface area contributed by atoms with Gasteiger partial charge in [-0.3, -0.25) is 4.79 Å². The number of pyridine rings is 1. The molecule has 1 fully saturated rings. The largest absolute Gasteiger partial charge is 0.489 e. The molecule has 3 aromatic heterocycles. The Hall–Kier alpha value is -2.75. The maximum atomic E-state index is 13.7. The van der Waals surface area contributed by atoms with Gasteiger partial charge in [-0.1, -0.05) is 40.0 Å². The van der Waals surface area contributed by atoms with Gasteiger partial charge in [-0.15, -0.1) is 0 Å². The molecule has 5 rings (SSSR count). The Bertz CT molecular complexity index is 1440. The highest BCUT2D eigenvalue weighted by Crippen LogP contribution is 2.39. The summed E-state index contributed by atoms with van der Waals surface area (Å²) >= 11 is 19.0. The molecule has 0 bridgehead atoms. The van der Waals surface area contributed by atoms with E-state index in [0.29, 0.717) is 21.9 Å². The van der Waals surface area contributed by atoms with E-state index >= 15 is 0 Å². The van der Waals surface area contributed by atoms with Crippen LogP contribution in [0.1, 0.15) is 24.8 Å². The molecule has 1 aromatic carbocycles. The summed E-state index contributed by atoms with van der Waals surface area (Å²) in [6, 6.07) is 4.66. The van der Waals surface area contributed by atoms with Crippen LogP contribution in [0.4, 0.5) is 8.78 Å². The van der Waals surface area contributed by atoms with Crippen molar-refractivity contribution in [2.24, 2.45) is 0 Å². The van der Waals surface area contributed by atoms with E-state index in [1.807, 2.05) is 13.1 Å². The second-order valence-corrected chi connectivity index (χ2v) is 9.24. The molecular formula is C22H15Cl3F2N4O3. The highest BCUT2D eigenvalue weighted by molar-refractivity contribution is 6.36. The standard InChI is InChI=1S/C22H15Cl3F2N4O3/c1-10-4-15(25)20-28-16(9-31(20)8-10)21-29-19(30-34-21)12-5-14(24)17(6-13(12)23)33-11-2-3-18(32)22(26,27)7-11/h4-6,8-9,11H,2-3,7H2,1H3/t11-/m0/s1. The molecule has 34 heavy (non-hydrogen) atoms. The summed E-state index contributed by atoms with van der Waals surface area (Å²) in [5.74, 6) is -4.07. The number of halogens is 5. The van der Waals surface area contributed by atoms with Crippen LogP contribution in [0.3, 0.4) is 0 Å². The van der Waals surface area contributed by atoms with E-state index in [4.69, 9.17) is 44.1 Å². The summed E-state index contributed by atoms with van der Waals surface area (Å²) in [6.07, 6.45) is 1.90. The normalized spacial score (nSPS) is 17.9. The molecule has 0 amide bonds. The molecule has 0 spiro atoms. The van der Waals surface area contributed by atoms with Crippen molar-refractivity contribution in [2.45, 2.75) is 38.2 Å². The molecule has 176 valence electrons. The van der Waals surface area contributed by atoms with Gasteiger partial charge in [0.2, 0.25) is 11.6 Å². The number of alkyl halides is 2. The highest BCUT2D eigenvalue weighted by Gasteiger charge is 2.45. The van der Waals surface area contributed by atoms with Crippen molar-refractivity contribution in [3.05, 3.63) is 51.2 Å². The maximum Gasteiger partial charge on any atom is 0.308 e. The first-order valence-electron chi connectivity index (χ1n) is 10.2. The summed E-state index contributed by atoms with van der Waals surface area (Å²) in [4.78, 5) is 20.1. The fourth-order valence-electron chi connectivity index (χ4n) is 3.78. The Morgan fingerprint density at radius 2 is 1.91 bits per heavy atom. The van der Waals surface area contributed by atoms with Gasteiger partial charge in [-0.25, -0.2) is 4.98 Å². The van der Waals surface area contributed by atoms with Gasteiger partial charge in [0.05, 0.1) is 21.5 Å². The number of fused-ring (bicyclic) bond motifs is 1. The van der Waals surface area contributed by atoms with Crippen molar-refractivity contribution in [3.63, 3.8) is 0 Å². The predicted molar refractivity (Wildman–Crippen MR) is 122 cm³/mol. The molecule has 1 aliphatic rings. The van der Waals surface area contributed by atoms with E-state index < -0.39 is 24.2 Å². The molecule has 12 heteroatoms. The third-order valence-electron chi connectivity index (χ3n) is 5.43. The number of nitrogens with zero attached hydrogens (tertiary/aromatic N) is 4. The van der Waals surface area contributed by atoms with Gasteiger partial charge in [-0.05, 0) is 31.0 Å². The lowest BCUT2D eigenvalue weighted by Gasteiger charge is -2.28. The predicted octanol–water partition coefficient (Wildman–Crippen LogP) is 6.46. The van der Waals surface area contributed by atoms with Crippen LogP contribution in [-0.2, 0) is 4.79 Å². The number of hydrogen-bond donors (Lipinski definition) is 0. The number of rotatable bonds is 4. The van der Waals surface area contributed by atoms with Crippen LogP contribution in [0.5, 0.6) is 5.75 Å². The third-order valence-corrected chi connectivity index (χ3v) is 6.32.